The third kappa shape index (κ3) is 5.53. The molecule has 2 saturated heterocycles. The molecule has 0 amide bonds. The molecule has 2 N–H and O–H groups in total. The topological polar surface area (TPSA) is 116 Å². The Morgan fingerprint density at radius 1 is 1.19 bits per heavy atom. The Bertz CT molecular complexity index is 1260. The van der Waals surface area contributed by atoms with E-state index in [2.05, 4.69) is 40.3 Å². The molecule has 3 aliphatic heterocycles. The van der Waals surface area contributed by atoms with Gasteiger partial charge >= 0.3 is 0 Å². The van der Waals surface area contributed by atoms with Crippen molar-refractivity contribution in [2.75, 3.05) is 29.6 Å². The molecular formula is C26H39N7O3S. The molecule has 5 heterocycles. The third-order valence-electron chi connectivity index (χ3n) is 7.86. The molecule has 0 spiro atoms. The number of aromatic nitrogens is 4. The van der Waals surface area contributed by atoms with Gasteiger partial charge in [0.1, 0.15) is 5.82 Å². The van der Waals surface area contributed by atoms with Crippen molar-refractivity contribution >= 4 is 33.2 Å². The van der Waals surface area contributed by atoms with E-state index in [4.69, 9.17) is 14.7 Å². The van der Waals surface area contributed by atoms with Gasteiger partial charge in [-0.1, -0.05) is 12.5 Å². The summed E-state index contributed by atoms with van der Waals surface area (Å²) >= 11 is 0. The Hall–Kier alpha value is -2.50. The van der Waals surface area contributed by atoms with Crippen LogP contribution in [0.15, 0.2) is 18.2 Å². The standard InChI is InChI=1S/C26H39N7O3S/c1-6-37(34,35)33-19-8-7-9-20(33)14-21(13-19)32(5)25-27-22(18-10-11-36-26(3,4)16-18)15-23(29-25)28-24-12-17(2)30-31-24/h10,12,15,19-21H,6-9,11,13-14,16H2,1-5H3,(H2,27,28,29,30,31)/t19-,20+,21+. The number of hydrogen-bond donors (Lipinski definition) is 2. The van der Waals surface area contributed by atoms with E-state index >= 15 is 0 Å². The zero-order valence-corrected chi connectivity index (χ0v) is 23.3. The number of nitrogens with one attached hydrogen (secondary N) is 2. The van der Waals surface area contributed by atoms with Crippen LogP contribution >= 0.6 is 0 Å². The van der Waals surface area contributed by atoms with E-state index in [9.17, 15) is 8.42 Å². The molecule has 3 atom stereocenters. The maximum atomic E-state index is 12.9. The van der Waals surface area contributed by atoms with Crippen molar-refractivity contribution in [1.29, 1.82) is 0 Å². The van der Waals surface area contributed by atoms with E-state index in [1.165, 1.54) is 0 Å². The van der Waals surface area contributed by atoms with Gasteiger partial charge in [0.2, 0.25) is 16.0 Å². The molecule has 0 unspecified atom stereocenters. The van der Waals surface area contributed by atoms with E-state index in [-0.39, 0.29) is 29.5 Å². The van der Waals surface area contributed by atoms with Crippen LogP contribution < -0.4 is 10.2 Å². The average Bonchev–Trinajstić information content (AvgIpc) is 3.26. The highest BCUT2D eigenvalue weighted by Gasteiger charge is 2.45. The number of H-pyrrole nitrogens is 1. The zero-order chi connectivity index (χ0) is 26.4. The number of anilines is 3. The van der Waals surface area contributed by atoms with E-state index < -0.39 is 10.0 Å². The molecule has 3 aliphatic rings. The van der Waals surface area contributed by atoms with Crippen LogP contribution in [0.5, 0.6) is 0 Å². The van der Waals surface area contributed by atoms with Gasteiger partial charge < -0.3 is 15.0 Å². The van der Waals surface area contributed by atoms with Crippen LogP contribution in [0.2, 0.25) is 0 Å². The number of sulfonamides is 1. The molecule has 5 rings (SSSR count). The minimum absolute atomic E-state index is 0.0386. The number of fused-ring (bicyclic) bond motifs is 2. The molecule has 37 heavy (non-hydrogen) atoms. The van der Waals surface area contributed by atoms with Gasteiger partial charge in [-0.05, 0) is 59.0 Å². The largest absolute Gasteiger partial charge is 0.371 e. The molecule has 0 aromatic carbocycles. The summed E-state index contributed by atoms with van der Waals surface area (Å²) in [6.07, 6.45) is 7.32. The second-order valence-corrected chi connectivity index (χ2v) is 13.3. The van der Waals surface area contributed by atoms with Gasteiger partial charge in [-0.2, -0.15) is 14.4 Å². The fourth-order valence-corrected chi connectivity index (χ4v) is 7.56. The summed E-state index contributed by atoms with van der Waals surface area (Å²) in [6.45, 7) is 8.43. The van der Waals surface area contributed by atoms with Crippen molar-refractivity contribution in [3.05, 3.63) is 29.6 Å². The number of aryl methyl sites for hydroxylation is 1. The summed E-state index contributed by atoms with van der Waals surface area (Å²) in [5.74, 6) is 2.16. The summed E-state index contributed by atoms with van der Waals surface area (Å²) < 4.78 is 33.4. The maximum Gasteiger partial charge on any atom is 0.227 e. The highest BCUT2D eigenvalue weighted by atomic mass is 32.2. The molecule has 0 aliphatic carbocycles. The van der Waals surface area contributed by atoms with Crippen LogP contribution in [0.3, 0.4) is 0 Å². The van der Waals surface area contributed by atoms with Gasteiger partial charge in [-0.3, -0.25) is 5.10 Å². The number of ether oxygens (including phenoxy) is 1. The lowest BCUT2D eigenvalue weighted by molar-refractivity contribution is -0.00306. The molecule has 0 radical (unpaired) electrons. The number of rotatable bonds is 7. The van der Waals surface area contributed by atoms with Crippen molar-refractivity contribution in [1.82, 2.24) is 24.5 Å². The summed E-state index contributed by atoms with van der Waals surface area (Å²) in [4.78, 5) is 12.0. The molecule has 2 bridgehead atoms. The predicted molar refractivity (Wildman–Crippen MR) is 145 cm³/mol. The van der Waals surface area contributed by atoms with Crippen LogP contribution in [-0.2, 0) is 14.8 Å². The smallest absolute Gasteiger partial charge is 0.227 e. The number of hydrogen-bond acceptors (Lipinski definition) is 8. The van der Waals surface area contributed by atoms with Crippen molar-refractivity contribution in [2.24, 2.45) is 0 Å². The fourth-order valence-electron chi connectivity index (χ4n) is 5.97. The van der Waals surface area contributed by atoms with Crippen LogP contribution in [0, 0.1) is 6.92 Å². The van der Waals surface area contributed by atoms with Gasteiger partial charge in [0, 0.05) is 49.4 Å². The zero-order valence-electron chi connectivity index (χ0n) is 22.5. The van der Waals surface area contributed by atoms with Crippen LogP contribution in [0.1, 0.15) is 70.7 Å². The summed E-state index contributed by atoms with van der Waals surface area (Å²) in [5, 5.41) is 10.6. The van der Waals surface area contributed by atoms with E-state index in [1.54, 1.807) is 6.92 Å². The monoisotopic (exact) mass is 529 g/mol. The van der Waals surface area contributed by atoms with Gasteiger partial charge in [0.15, 0.2) is 5.82 Å². The van der Waals surface area contributed by atoms with Crippen molar-refractivity contribution in [2.45, 2.75) is 89.9 Å². The highest BCUT2D eigenvalue weighted by Crippen LogP contribution is 2.39. The van der Waals surface area contributed by atoms with Crippen molar-refractivity contribution < 1.29 is 13.2 Å². The Morgan fingerprint density at radius 2 is 1.92 bits per heavy atom. The quantitative estimate of drug-likeness (QED) is 0.553. The first kappa shape index (κ1) is 26.1. The lowest BCUT2D eigenvalue weighted by Gasteiger charge is -2.49. The first-order valence-electron chi connectivity index (χ1n) is 13.3. The Kier molecular flexibility index (Phi) is 7.06. The fraction of sp³-hybridized carbons (Fsp3) is 0.654. The maximum absolute atomic E-state index is 12.9. The minimum atomic E-state index is -3.22. The molecule has 2 fully saturated rings. The Labute approximate surface area is 219 Å². The molecule has 10 nitrogen and oxygen atoms in total. The SMILES string of the molecule is CCS(=O)(=O)N1[C@@H]2CCC[C@H]1C[C@@H](N(C)c1nc(Nc3cc(C)[nH]n3)cc(C3=CCOC(C)(C)C3)n1)C2. The van der Waals surface area contributed by atoms with Gasteiger partial charge in [0.05, 0.1) is 23.7 Å². The third-order valence-corrected chi connectivity index (χ3v) is 9.83. The first-order chi connectivity index (χ1) is 17.5. The lowest BCUT2D eigenvalue weighted by atomic mass is 9.83. The summed E-state index contributed by atoms with van der Waals surface area (Å²) in [5.41, 5.74) is 2.70. The van der Waals surface area contributed by atoms with E-state index in [0.29, 0.717) is 24.2 Å². The lowest BCUT2D eigenvalue weighted by Crippen LogP contribution is -2.58. The number of nitrogens with zero attached hydrogens (tertiary/aromatic N) is 5. The van der Waals surface area contributed by atoms with Crippen molar-refractivity contribution in [3.63, 3.8) is 0 Å². The molecule has 2 aromatic heterocycles. The predicted octanol–water partition coefficient (Wildman–Crippen LogP) is 4.01. The highest BCUT2D eigenvalue weighted by molar-refractivity contribution is 7.89. The normalized spacial score (nSPS) is 26.0. The molecule has 0 saturated carbocycles. The van der Waals surface area contributed by atoms with Crippen LogP contribution in [0.4, 0.5) is 17.6 Å². The van der Waals surface area contributed by atoms with Crippen LogP contribution in [-0.4, -0.2) is 76.0 Å². The summed E-state index contributed by atoms with van der Waals surface area (Å²) in [7, 11) is -1.19. The Morgan fingerprint density at radius 3 is 2.54 bits per heavy atom. The van der Waals surface area contributed by atoms with Crippen LogP contribution in [0.25, 0.3) is 5.57 Å². The minimum Gasteiger partial charge on any atom is -0.371 e. The number of piperidine rings is 2. The molecule has 11 heteroatoms. The van der Waals surface area contributed by atoms with E-state index in [1.807, 2.05) is 30.4 Å². The summed E-state index contributed by atoms with van der Waals surface area (Å²) in [6, 6.07) is 4.15. The van der Waals surface area contributed by atoms with Gasteiger partial charge in [-0.15, -0.1) is 0 Å². The van der Waals surface area contributed by atoms with Crippen molar-refractivity contribution in [3.8, 4) is 0 Å². The second kappa shape index (κ2) is 9.99. The second-order valence-electron chi connectivity index (χ2n) is 11.2. The van der Waals surface area contributed by atoms with Gasteiger partial charge in [0.25, 0.3) is 0 Å². The Balaban J connectivity index is 1.46. The number of aromatic amines is 1. The average molecular weight is 530 g/mol. The van der Waals surface area contributed by atoms with E-state index in [0.717, 1.165) is 55.5 Å². The molecular weight excluding hydrogens is 490 g/mol. The van der Waals surface area contributed by atoms with Gasteiger partial charge in [-0.25, -0.2) is 13.4 Å². The first-order valence-corrected chi connectivity index (χ1v) is 14.9. The molecule has 202 valence electrons. The molecule has 2 aromatic rings.